The minimum absolute atomic E-state index is 0.0610. The maximum Gasteiger partial charge on any atom is 0.253 e. The van der Waals surface area contributed by atoms with E-state index in [2.05, 4.69) is 0 Å². The zero-order chi connectivity index (χ0) is 9.84. The molecule has 1 atom stereocenters. The fourth-order valence-electron chi connectivity index (χ4n) is 0.973. The first kappa shape index (κ1) is 9.25. The molecule has 0 aliphatic carbocycles. The van der Waals surface area contributed by atoms with Gasteiger partial charge in [0, 0.05) is 0 Å². The molecular weight excluding hydrogens is 170 g/mol. The van der Waals surface area contributed by atoms with Crippen molar-refractivity contribution in [2.75, 3.05) is 0 Å². The fourth-order valence-corrected chi connectivity index (χ4v) is 0.973. The molecule has 13 heavy (non-hydrogen) atoms. The minimum atomic E-state index is -1.04. The number of phenols is 1. The second kappa shape index (κ2) is 3.71. The Morgan fingerprint density at radius 1 is 1.38 bits per heavy atom. The van der Waals surface area contributed by atoms with E-state index in [-0.39, 0.29) is 5.75 Å². The van der Waals surface area contributed by atoms with Crippen LogP contribution in [0.1, 0.15) is 11.5 Å². The Hall–Kier alpha value is -1.84. The topological polar surface area (TPSA) is 78.2 Å². The summed E-state index contributed by atoms with van der Waals surface area (Å²) in [6.45, 7) is 0. The van der Waals surface area contributed by atoms with E-state index in [4.69, 9.17) is 10.8 Å². The zero-order valence-corrected chi connectivity index (χ0v) is 6.73. The summed E-state index contributed by atoms with van der Waals surface area (Å²) in [5, 5.41) is 8.93. The molecule has 1 unspecified atom stereocenters. The average Bonchev–Trinajstić information content (AvgIpc) is 2.09. The van der Waals surface area contributed by atoms with E-state index in [1.54, 1.807) is 0 Å². The van der Waals surface area contributed by atoms with Crippen LogP contribution in [0.25, 0.3) is 0 Å². The Kier molecular flexibility index (Phi) is 2.64. The normalized spacial score (nSPS) is 12.0. The first-order valence-corrected chi connectivity index (χ1v) is 3.65. The summed E-state index contributed by atoms with van der Waals surface area (Å²) >= 11 is 0. The predicted molar refractivity (Wildman–Crippen MR) is 45.0 cm³/mol. The first-order valence-electron chi connectivity index (χ1n) is 3.65. The summed E-state index contributed by atoms with van der Waals surface area (Å²) in [6.07, 6.45) is 0.418. The Morgan fingerprint density at radius 2 is 1.92 bits per heavy atom. The van der Waals surface area contributed by atoms with Crippen LogP contribution in [0.15, 0.2) is 24.3 Å². The van der Waals surface area contributed by atoms with Gasteiger partial charge in [-0.15, -0.1) is 0 Å². The summed E-state index contributed by atoms with van der Waals surface area (Å²) in [4.78, 5) is 21.1. The largest absolute Gasteiger partial charge is 0.508 e. The van der Waals surface area contributed by atoms with Crippen LogP contribution in [0.3, 0.4) is 0 Å². The van der Waals surface area contributed by atoms with Crippen LogP contribution in [0.5, 0.6) is 5.75 Å². The summed E-state index contributed by atoms with van der Waals surface area (Å²) in [6, 6.07) is 5.63. The molecule has 1 radical (unpaired) electrons. The number of carbonyl (C=O) groups excluding carboxylic acids is 2. The molecule has 0 spiro atoms. The number of amides is 1. The molecule has 4 heteroatoms. The first-order chi connectivity index (χ1) is 6.15. The molecule has 1 aromatic carbocycles. The third kappa shape index (κ3) is 2.05. The highest BCUT2D eigenvalue weighted by atomic mass is 16.3. The van der Waals surface area contributed by atoms with Gasteiger partial charge in [0.15, 0.2) is 0 Å². The highest BCUT2D eigenvalue weighted by Gasteiger charge is 2.16. The van der Waals surface area contributed by atoms with Crippen LogP contribution in [0.2, 0.25) is 0 Å². The van der Waals surface area contributed by atoms with E-state index in [0.29, 0.717) is 11.8 Å². The molecule has 0 aliphatic heterocycles. The molecule has 0 bridgehead atoms. The molecule has 0 fully saturated rings. The number of hydrogen-bond donors (Lipinski definition) is 1. The van der Waals surface area contributed by atoms with Gasteiger partial charge in [-0.3, -0.25) is 10.5 Å². The van der Waals surface area contributed by atoms with E-state index < -0.39 is 11.8 Å². The highest BCUT2D eigenvalue weighted by molar-refractivity contribution is 5.96. The van der Waals surface area contributed by atoms with E-state index in [9.17, 15) is 9.59 Å². The molecule has 1 amide bonds. The number of aldehydes is 1. The second-order valence-electron chi connectivity index (χ2n) is 2.57. The molecule has 0 heterocycles. The predicted octanol–water partition coefficient (Wildman–Crippen LogP) is 0.484. The van der Waals surface area contributed by atoms with Gasteiger partial charge in [-0.2, -0.15) is 0 Å². The Balaban J connectivity index is 2.99. The number of carbonyl (C=O) groups is 2. The monoisotopic (exact) mass is 178 g/mol. The molecule has 0 aliphatic rings. The smallest absolute Gasteiger partial charge is 0.253 e. The summed E-state index contributed by atoms with van der Waals surface area (Å²) in [5.74, 6) is -1.92. The van der Waals surface area contributed by atoms with Crippen molar-refractivity contribution in [3.8, 4) is 5.75 Å². The highest BCUT2D eigenvalue weighted by Crippen LogP contribution is 2.16. The van der Waals surface area contributed by atoms with Gasteiger partial charge in [-0.25, -0.2) is 0 Å². The minimum Gasteiger partial charge on any atom is -0.508 e. The van der Waals surface area contributed by atoms with Crippen LogP contribution < -0.4 is 5.73 Å². The lowest BCUT2D eigenvalue weighted by Crippen LogP contribution is -2.14. The second-order valence-corrected chi connectivity index (χ2v) is 2.57. The molecule has 0 aromatic heterocycles. The van der Waals surface area contributed by atoms with Crippen molar-refractivity contribution in [2.24, 2.45) is 0 Å². The number of nitrogens with one attached hydrogen (secondary N) is 1. The molecule has 1 rings (SSSR count). The Bertz CT molecular complexity index is 318. The van der Waals surface area contributed by atoms with Gasteiger partial charge >= 0.3 is 0 Å². The lowest BCUT2D eigenvalue weighted by atomic mass is 10.0. The van der Waals surface area contributed by atoms with Crippen LogP contribution in [-0.4, -0.2) is 17.3 Å². The maximum absolute atomic E-state index is 10.6. The molecule has 1 aromatic rings. The van der Waals surface area contributed by atoms with Gasteiger partial charge in [0.25, 0.3) is 5.91 Å². The van der Waals surface area contributed by atoms with E-state index in [0.717, 1.165) is 0 Å². The van der Waals surface area contributed by atoms with Crippen molar-refractivity contribution in [3.05, 3.63) is 29.8 Å². The van der Waals surface area contributed by atoms with Crippen molar-refractivity contribution in [1.82, 2.24) is 5.73 Å². The van der Waals surface area contributed by atoms with Crippen molar-refractivity contribution in [2.45, 2.75) is 5.92 Å². The summed E-state index contributed by atoms with van der Waals surface area (Å²) in [5.41, 5.74) is 7.22. The summed E-state index contributed by atoms with van der Waals surface area (Å²) in [7, 11) is 0. The van der Waals surface area contributed by atoms with E-state index in [1.807, 2.05) is 0 Å². The van der Waals surface area contributed by atoms with Crippen LogP contribution in [-0.2, 0) is 9.59 Å². The lowest BCUT2D eigenvalue weighted by Gasteiger charge is -2.04. The molecule has 2 N–H and O–H groups in total. The summed E-state index contributed by atoms with van der Waals surface area (Å²) < 4.78 is 0. The molecule has 4 nitrogen and oxygen atoms in total. The fraction of sp³-hybridized carbons (Fsp3) is 0.111. The number of benzene rings is 1. The van der Waals surface area contributed by atoms with Gasteiger partial charge in [0.05, 0.1) is 0 Å². The van der Waals surface area contributed by atoms with Crippen molar-refractivity contribution >= 4 is 12.2 Å². The van der Waals surface area contributed by atoms with Gasteiger partial charge in [0.1, 0.15) is 18.0 Å². The van der Waals surface area contributed by atoms with Crippen molar-refractivity contribution in [1.29, 1.82) is 0 Å². The number of phenolic OH excluding ortho intramolecular Hbond substituents is 1. The SMILES string of the molecule is [NH]C(=O)C(C=O)c1ccc(O)cc1. The van der Waals surface area contributed by atoms with Crippen LogP contribution in [0.4, 0.5) is 0 Å². The number of aromatic hydroxyl groups is 1. The standard InChI is InChI=1S/C9H8NO3/c10-9(13)8(5-11)6-1-3-7(12)4-2-6/h1-5,8,10,12H. The van der Waals surface area contributed by atoms with Crippen LogP contribution in [0, 0.1) is 0 Å². The molecule has 0 saturated heterocycles. The molecular formula is C9H8NO3. The van der Waals surface area contributed by atoms with Gasteiger partial charge in [-0.05, 0) is 17.7 Å². The quantitative estimate of drug-likeness (QED) is 0.540. The maximum atomic E-state index is 10.6. The number of rotatable bonds is 3. The van der Waals surface area contributed by atoms with Crippen LogP contribution >= 0.6 is 0 Å². The van der Waals surface area contributed by atoms with Crippen molar-refractivity contribution in [3.63, 3.8) is 0 Å². The Morgan fingerprint density at radius 3 is 2.31 bits per heavy atom. The third-order valence-corrected chi connectivity index (χ3v) is 1.67. The lowest BCUT2D eigenvalue weighted by molar-refractivity contribution is -0.123. The number of hydrogen-bond acceptors (Lipinski definition) is 3. The molecule has 0 saturated carbocycles. The third-order valence-electron chi connectivity index (χ3n) is 1.67. The molecule has 67 valence electrons. The van der Waals surface area contributed by atoms with Gasteiger partial charge in [-0.1, -0.05) is 12.1 Å². The van der Waals surface area contributed by atoms with E-state index in [1.165, 1.54) is 24.3 Å². The van der Waals surface area contributed by atoms with Gasteiger partial charge < -0.3 is 9.90 Å². The van der Waals surface area contributed by atoms with Crippen molar-refractivity contribution < 1.29 is 14.7 Å². The Labute approximate surface area is 75.0 Å². The zero-order valence-electron chi connectivity index (χ0n) is 6.73. The average molecular weight is 178 g/mol. The van der Waals surface area contributed by atoms with E-state index >= 15 is 0 Å². The van der Waals surface area contributed by atoms with Gasteiger partial charge in [0.2, 0.25) is 0 Å².